The smallest absolute Gasteiger partial charge is 0.410 e. The van der Waals surface area contributed by atoms with Crippen molar-refractivity contribution in [2.45, 2.75) is 69.9 Å². The largest absolute Gasteiger partial charge is 0.464 e. The first-order valence-corrected chi connectivity index (χ1v) is 12.5. The van der Waals surface area contributed by atoms with Crippen molar-refractivity contribution < 1.29 is 19.1 Å². The Labute approximate surface area is 196 Å². The lowest BCUT2D eigenvalue weighted by molar-refractivity contribution is -0.149. The molecule has 2 aromatic carbocycles. The van der Waals surface area contributed by atoms with Gasteiger partial charge in [-0.3, -0.25) is 4.90 Å². The topological polar surface area (TPSA) is 55.8 Å². The van der Waals surface area contributed by atoms with Gasteiger partial charge in [-0.15, -0.1) is 0 Å². The molecule has 2 fully saturated rings. The number of hydrogen-bond acceptors (Lipinski definition) is 4. The Morgan fingerprint density at radius 2 is 1.61 bits per heavy atom. The molecule has 0 radical (unpaired) electrons. The molecule has 3 unspecified atom stereocenters. The summed E-state index contributed by atoms with van der Waals surface area (Å²) in [6.07, 6.45) is 6.40. The molecule has 5 nitrogen and oxygen atoms in total. The van der Waals surface area contributed by atoms with Gasteiger partial charge in [0.1, 0.15) is 12.6 Å². The van der Waals surface area contributed by atoms with Gasteiger partial charge >= 0.3 is 12.1 Å². The van der Waals surface area contributed by atoms with Gasteiger partial charge in [-0.1, -0.05) is 74.7 Å². The van der Waals surface area contributed by atoms with Crippen molar-refractivity contribution in [3.8, 4) is 11.1 Å². The Bertz CT molecular complexity index is 973. The van der Waals surface area contributed by atoms with Gasteiger partial charge in [0, 0.05) is 12.0 Å². The van der Waals surface area contributed by atoms with E-state index >= 15 is 0 Å². The van der Waals surface area contributed by atoms with Crippen LogP contribution in [-0.4, -0.2) is 42.3 Å². The fourth-order valence-electron chi connectivity index (χ4n) is 6.01. The third-order valence-corrected chi connectivity index (χ3v) is 7.65. The highest BCUT2D eigenvalue weighted by Crippen LogP contribution is 2.45. The maximum absolute atomic E-state index is 13.4. The monoisotopic (exact) mass is 447 g/mol. The second-order valence-corrected chi connectivity index (χ2v) is 9.60. The second-order valence-electron chi connectivity index (χ2n) is 9.60. The van der Waals surface area contributed by atoms with Crippen LogP contribution in [0.3, 0.4) is 0 Å². The van der Waals surface area contributed by atoms with Crippen LogP contribution in [0, 0.1) is 5.92 Å². The number of nitrogens with zero attached hydrogens (tertiary/aromatic N) is 1. The molecule has 3 atom stereocenters. The van der Waals surface area contributed by atoms with Crippen LogP contribution in [0.1, 0.15) is 68.9 Å². The molecule has 174 valence electrons. The Morgan fingerprint density at radius 3 is 2.30 bits per heavy atom. The summed E-state index contributed by atoms with van der Waals surface area (Å²) in [6.45, 7) is 2.76. The Hall–Kier alpha value is -2.82. The SMILES string of the molecule is CCCCOC(=O)C1CC2CCCCC2N1C(=O)OCC1c2ccccc2-c2ccccc21. The molecule has 1 aliphatic heterocycles. The number of benzene rings is 2. The van der Waals surface area contributed by atoms with Gasteiger partial charge < -0.3 is 9.47 Å². The minimum Gasteiger partial charge on any atom is -0.464 e. The summed E-state index contributed by atoms with van der Waals surface area (Å²) in [6, 6.07) is 16.2. The number of fused-ring (bicyclic) bond motifs is 4. The summed E-state index contributed by atoms with van der Waals surface area (Å²) >= 11 is 0. The zero-order chi connectivity index (χ0) is 22.8. The molecule has 1 saturated carbocycles. The van der Waals surface area contributed by atoms with Gasteiger partial charge in [0.15, 0.2) is 0 Å². The average Bonchev–Trinajstić information content (AvgIpc) is 3.39. The lowest BCUT2D eigenvalue weighted by atomic mass is 9.85. The number of rotatable bonds is 6. The summed E-state index contributed by atoms with van der Waals surface area (Å²) < 4.78 is 11.5. The van der Waals surface area contributed by atoms with Crippen molar-refractivity contribution >= 4 is 12.1 Å². The van der Waals surface area contributed by atoms with E-state index < -0.39 is 6.04 Å². The molecule has 33 heavy (non-hydrogen) atoms. The quantitative estimate of drug-likeness (QED) is 0.408. The first-order chi connectivity index (χ1) is 16.2. The molecule has 0 aromatic heterocycles. The first kappa shape index (κ1) is 22.0. The highest BCUT2D eigenvalue weighted by atomic mass is 16.6. The fourth-order valence-corrected chi connectivity index (χ4v) is 6.01. The number of carbonyl (C=O) groups excluding carboxylic acids is 2. The molecule has 5 rings (SSSR count). The molecule has 3 aliphatic rings. The number of unbranched alkanes of at least 4 members (excludes halogenated alkanes) is 1. The van der Waals surface area contributed by atoms with E-state index in [1.54, 1.807) is 4.90 Å². The second kappa shape index (κ2) is 9.58. The molecular weight excluding hydrogens is 414 g/mol. The van der Waals surface area contributed by atoms with Crippen LogP contribution >= 0.6 is 0 Å². The van der Waals surface area contributed by atoms with Gasteiger partial charge in [-0.05, 0) is 53.9 Å². The molecule has 2 aliphatic carbocycles. The minimum atomic E-state index is -0.523. The Balaban J connectivity index is 1.33. The van der Waals surface area contributed by atoms with Gasteiger partial charge in [-0.2, -0.15) is 0 Å². The Morgan fingerprint density at radius 1 is 0.939 bits per heavy atom. The van der Waals surface area contributed by atoms with E-state index in [0.717, 1.165) is 38.5 Å². The molecule has 1 saturated heterocycles. The van der Waals surface area contributed by atoms with Crippen LogP contribution in [0.4, 0.5) is 4.79 Å². The van der Waals surface area contributed by atoms with E-state index in [2.05, 4.69) is 31.2 Å². The van der Waals surface area contributed by atoms with Crippen molar-refractivity contribution in [1.82, 2.24) is 4.90 Å². The van der Waals surface area contributed by atoms with E-state index in [1.807, 2.05) is 24.3 Å². The predicted octanol–water partition coefficient (Wildman–Crippen LogP) is 5.91. The van der Waals surface area contributed by atoms with Gasteiger partial charge in [0.25, 0.3) is 0 Å². The van der Waals surface area contributed by atoms with Crippen LogP contribution in [0.5, 0.6) is 0 Å². The van der Waals surface area contributed by atoms with Crippen LogP contribution in [0.15, 0.2) is 48.5 Å². The van der Waals surface area contributed by atoms with Crippen molar-refractivity contribution in [3.63, 3.8) is 0 Å². The van der Waals surface area contributed by atoms with Gasteiger partial charge in [0.05, 0.1) is 6.61 Å². The average molecular weight is 448 g/mol. The van der Waals surface area contributed by atoms with Crippen LogP contribution < -0.4 is 0 Å². The van der Waals surface area contributed by atoms with Crippen LogP contribution in [0.2, 0.25) is 0 Å². The summed E-state index contributed by atoms with van der Waals surface area (Å²) in [5.41, 5.74) is 4.80. The van der Waals surface area contributed by atoms with E-state index in [0.29, 0.717) is 18.9 Å². The molecule has 2 aromatic rings. The van der Waals surface area contributed by atoms with E-state index in [9.17, 15) is 9.59 Å². The lowest BCUT2D eigenvalue weighted by Gasteiger charge is -2.32. The van der Waals surface area contributed by atoms with E-state index in [-0.39, 0.29) is 30.6 Å². The van der Waals surface area contributed by atoms with Crippen LogP contribution in [0.25, 0.3) is 11.1 Å². The summed E-state index contributed by atoms with van der Waals surface area (Å²) in [4.78, 5) is 28.0. The zero-order valence-corrected chi connectivity index (χ0v) is 19.4. The highest BCUT2D eigenvalue weighted by Gasteiger charge is 2.49. The molecule has 1 amide bonds. The fraction of sp³-hybridized carbons (Fsp3) is 0.500. The molecular formula is C28H33NO4. The normalized spacial score (nSPS) is 23.5. The molecule has 0 N–H and O–H groups in total. The molecule has 5 heteroatoms. The number of ether oxygens (including phenoxy) is 2. The summed E-state index contributed by atoms with van der Waals surface area (Å²) in [5, 5.41) is 0. The third-order valence-electron chi connectivity index (χ3n) is 7.65. The minimum absolute atomic E-state index is 0.0149. The van der Waals surface area contributed by atoms with Gasteiger partial charge in [-0.25, -0.2) is 9.59 Å². The number of carbonyl (C=O) groups is 2. The van der Waals surface area contributed by atoms with Crippen molar-refractivity contribution in [2.24, 2.45) is 5.92 Å². The van der Waals surface area contributed by atoms with E-state index in [4.69, 9.17) is 9.47 Å². The standard InChI is InChI=1S/C28H33NO4/c1-2-3-16-32-27(30)26-17-19-10-4-9-15-25(19)29(26)28(31)33-18-24-22-13-7-5-11-20(22)21-12-6-8-14-23(21)24/h5-8,11-14,19,24-26H,2-4,9-10,15-18H2,1H3. The molecule has 0 bridgehead atoms. The first-order valence-electron chi connectivity index (χ1n) is 12.5. The maximum atomic E-state index is 13.4. The van der Waals surface area contributed by atoms with Crippen LogP contribution in [-0.2, 0) is 14.3 Å². The van der Waals surface area contributed by atoms with Crippen molar-refractivity contribution in [2.75, 3.05) is 13.2 Å². The highest BCUT2D eigenvalue weighted by molar-refractivity contribution is 5.83. The number of likely N-dealkylation sites (tertiary alicyclic amines) is 1. The number of hydrogen-bond donors (Lipinski definition) is 0. The van der Waals surface area contributed by atoms with Crippen molar-refractivity contribution in [1.29, 1.82) is 0 Å². The summed E-state index contributed by atoms with van der Waals surface area (Å²) in [5.74, 6) is 0.107. The molecule has 0 spiro atoms. The summed E-state index contributed by atoms with van der Waals surface area (Å²) in [7, 11) is 0. The third kappa shape index (κ3) is 4.14. The number of amides is 1. The number of esters is 1. The predicted molar refractivity (Wildman–Crippen MR) is 127 cm³/mol. The lowest BCUT2D eigenvalue weighted by Crippen LogP contribution is -2.47. The van der Waals surface area contributed by atoms with Gasteiger partial charge in [0.2, 0.25) is 0 Å². The molecule has 1 heterocycles. The van der Waals surface area contributed by atoms with E-state index in [1.165, 1.54) is 22.3 Å². The Kier molecular flexibility index (Phi) is 6.39. The maximum Gasteiger partial charge on any atom is 0.410 e. The van der Waals surface area contributed by atoms with Crippen molar-refractivity contribution in [3.05, 3.63) is 59.7 Å². The zero-order valence-electron chi connectivity index (χ0n) is 19.4.